The predicted octanol–water partition coefficient (Wildman–Crippen LogP) is 3.23. The summed E-state index contributed by atoms with van der Waals surface area (Å²) in [5.74, 6) is -1.52. The van der Waals surface area contributed by atoms with Crippen LogP contribution in [0.2, 0.25) is 0 Å². The summed E-state index contributed by atoms with van der Waals surface area (Å²) in [5.41, 5.74) is 0.166. The smallest absolute Gasteiger partial charge is 0.412 e. The number of aryl methyl sites for hydroxylation is 1. The quantitative estimate of drug-likeness (QED) is 0.773. The normalized spacial score (nSPS) is 10.8. The van der Waals surface area contributed by atoms with Gasteiger partial charge in [-0.25, -0.2) is 9.59 Å². The Kier molecular flexibility index (Phi) is 6.76. The molecular weight excluding hydrogens is 314 g/mol. The van der Waals surface area contributed by atoms with Crippen LogP contribution in [0.25, 0.3) is 0 Å². The molecule has 1 rings (SSSR count). The number of carboxylic acids is 1. The first-order chi connectivity index (χ1) is 11.1. The molecule has 0 aliphatic rings. The van der Waals surface area contributed by atoms with E-state index in [4.69, 9.17) is 9.47 Å². The van der Waals surface area contributed by atoms with Gasteiger partial charge in [0.1, 0.15) is 5.60 Å². The van der Waals surface area contributed by atoms with Gasteiger partial charge in [0.05, 0.1) is 12.2 Å². The lowest BCUT2D eigenvalue weighted by Gasteiger charge is -2.20. The number of esters is 1. The maximum absolute atomic E-state index is 11.7. The minimum Gasteiger partial charge on any atom is -0.478 e. The number of nitrogens with one attached hydrogen (secondary N) is 1. The number of anilines is 1. The van der Waals surface area contributed by atoms with Gasteiger partial charge in [-0.2, -0.15) is 0 Å². The number of carboxylic acid groups (broad SMARTS) is 1. The first-order valence-electron chi connectivity index (χ1n) is 7.64. The van der Waals surface area contributed by atoms with Gasteiger partial charge in [0.25, 0.3) is 0 Å². The topological polar surface area (TPSA) is 102 Å². The van der Waals surface area contributed by atoms with Crippen LogP contribution in [0.15, 0.2) is 18.2 Å². The van der Waals surface area contributed by atoms with E-state index in [1.807, 2.05) is 0 Å². The van der Waals surface area contributed by atoms with Gasteiger partial charge in [-0.05, 0) is 51.8 Å². The van der Waals surface area contributed by atoms with Crippen molar-refractivity contribution < 1.29 is 29.0 Å². The summed E-state index contributed by atoms with van der Waals surface area (Å²) in [6, 6.07) is 4.47. The molecule has 0 aliphatic carbocycles. The Hall–Kier alpha value is -2.57. The second-order valence-electron chi connectivity index (χ2n) is 6.11. The summed E-state index contributed by atoms with van der Waals surface area (Å²) < 4.78 is 9.95. The SMILES string of the molecule is CCOC(=O)CCc1ccc(NC(=O)OC(C)(C)C)cc1C(=O)O. The Labute approximate surface area is 141 Å². The third kappa shape index (κ3) is 6.68. The fraction of sp³-hybridized carbons (Fsp3) is 0.471. The summed E-state index contributed by atoms with van der Waals surface area (Å²) in [5, 5.41) is 11.8. The summed E-state index contributed by atoms with van der Waals surface area (Å²) in [6.45, 7) is 7.18. The molecule has 1 aromatic rings. The van der Waals surface area contributed by atoms with Crippen molar-refractivity contribution in [2.45, 2.75) is 46.1 Å². The molecule has 0 atom stereocenters. The third-order valence-electron chi connectivity index (χ3n) is 2.89. The molecule has 0 aliphatic heterocycles. The van der Waals surface area contributed by atoms with Crippen molar-refractivity contribution in [2.24, 2.45) is 0 Å². The summed E-state index contributed by atoms with van der Waals surface area (Å²) in [6.07, 6.45) is -0.335. The van der Waals surface area contributed by atoms with Crippen LogP contribution in [-0.4, -0.2) is 35.3 Å². The van der Waals surface area contributed by atoms with Crippen LogP contribution < -0.4 is 5.32 Å². The highest BCUT2D eigenvalue weighted by atomic mass is 16.6. The van der Waals surface area contributed by atoms with E-state index < -0.39 is 17.7 Å². The van der Waals surface area contributed by atoms with E-state index in [9.17, 15) is 19.5 Å². The Morgan fingerprint density at radius 1 is 1.21 bits per heavy atom. The number of hydrogen-bond donors (Lipinski definition) is 2. The molecule has 2 N–H and O–H groups in total. The van der Waals surface area contributed by atoms with Crippen molar-refractivity contribution in [2.75, 3.05) is 11.9 Å². The number of hydrogen-bond acceptors (Lipinski definition) is 5. The first kappa shape index (κ1) is 19.5. The lowest BCUT2D eigenvalue weighted by molar-refractivity contribution is -0.143. The third-order valence-corrected chi connectivity index (χ3v) is 2.89. The second kappa shape index (κ2) is 8.33. The molecule has 132 valence electrons. The van der Waals surface area contributed by atoms with Gasteiger partial charge >= 0.3 is 18.0 Å². The molecule has 0 radical (unpaired) electrons. The Bertz CT molecular complexity index is 618. The number of amides is 1. The minimum absolute atomic E-state index is 0.0212. The predicted molar refractivity (Wildman–Crippen MR) is 88.2 cm³/mol. The summed E-state index contributed by atoms with van der Waals surface area (Å²) in [7, 11) is 0. The zero-order chi connectivity index (χ0) is 18.3. The molecule has 0 bridgehead atoms. The maximum atomic E-state index is 11.7. The zero-order valence-corrected chi connectivity index (χ0v) is 14.3. The Balaban J connectivity index is 2.85. The highest BCUT2D eigenvalue weighted by molar-refractivity contribution is 5.93. The lowest BCUT2D eigenvalue weighted by atomic mass is 10.0. The molecule has 0 fully saturated rings. The van der Waals surface area contributed by atoms with Crippen molar-refractivity contribution in [1.29, 1.82) is 0 Å². The van der Waals surface area contributed by atoms with Crippen LogP contribution in [0, 0.1) is 0 Å². The summed E-state index contributed by atoms with van der Waals surface area (Å²) >= 11 is 0. The fourth-order valence-electron chi connectivity index (χ4n) is 1.96. The Morgan fingerprint density at radius 3 is 2.42 bits per heavy atom. The maximum Gasteiger partial charge on any atom is 0.412 e. The second-order valence-corrected chi connectivity index (χ2v) is 6.11. The Morgan fingerprint density at radius 2 is 1.88 bits per heavy atom. The highest BCUT2D eigenvalue weighted by Crippen LogP contribution is 2.19. The number of rotatable bonds is 6. The van der Waals surface area contributed by atoms with E-state index in [2.05, 4.69) is 5.32 Å². The van der Waals surface area contributed by atoms with Crippen LogP contribution in [-0.2, 0) is 20.7 Å². The molecule has 24 heavy (non-hydrogen) atoms. The van der Waals surface area contributed by atoms with Gasteiger partial charge in [-0.1, -0.05) is 6.07 Å². The number of aromatic carboxylic acids is 1. The highest BCUT2D eigenvalue weighted by Gasteiger charge is 2.18. The lowest BCUT2D eigenvalue weighted by Crippen LogP contribution is -2.27. The van der Waals surface area contributed by atoms with Crippen molar-refractivity contribution >= 4 is 23.7 Å². The average molecular weight is 337 g/mol. The van der Waals surface area contributed by atoms with Gasteiger partial charge in [0.2, 0.25) is 0 Å². The van der Waals surface area contributed by atoms with Gasteiger partial charge in [0, 0.05) is 12.1 Å². The molecule has 0 unspecified atom stereocenters. The van der Waals surface area contributed by atoms with E-state index in [0.717, 1.165) is 0 Å². The van der Waals surface area contributed by atoms with E-state index in [1.54, 1.807) is 39.8 Å². The van der Waals surface area contributed by atoms with Crippen LogP contribution >= 0.6 is 0 Å². The van der Waals surface area contributed by atoms with Crippen LogP contribution in [0.5, 0.6) is 0 Å². The molecule has 0 saturated heterocycles. The van der Waals surface area contributed by atoms with E-state index >= 15 is 0 Å². The van der Waals surface area contributed by atoms with E-state index in [1.165, 1.54) is 6.07 Å². The van der Waals surface area contributed by atoms with Crippen molar-refractivity contribution in [3.8, 4) is 0 Å². The number of carbonyl (C=O) groups is 3. The largest absolute Gasteiger partial charge is 0.478 e. The van der Waals surface area contributed by atoms with Gasteiger partial charge in [-0.3, -0.25) is 10.1 Å². The molecule has 0 saturated carbocycles. The molecular formula is C17H23NO6. The molecule has 7 heteroatoms. The first-order valence-corrected chi connectivity index (χ1v) is 7.64. The molecule has 0 heterocycles. The minimum atomic E-state index is -1.14. The van der Waals surface area contributed by atoms with Crippen LogP contribution in [0.4, 0.5) is 10.5 Å². The number of benzene rings is 1. The average Bonchev–Trinajstić information content (AvgIpc) is 2.43. The molecule has 0 aromatic heterocycles. The standard InChI is InChI=1S/C17H23NO6/c1-5-23-14(19)9-7-11-6-8-12(10-13(11)15(20)21)18-16(22)24-17(2,3)4/h6,8,10H,5,7,9H2,1-4H3,(H,18,22)(H,20,21). The molecule has 0 spiro atoms. The monoisotopic (exact) mass is 337 g/mol. The fourth-order valence-corrected chi connectivity index (χ4v) is 1.96. The van der Waals surface area contributed by atoms with E-state index in [0.29, 0.717) is 11.3 Å². The zero-order valence-electron chi connectivity index (χ0n) is 14.3. The summed E-state index contributed by atoms with van der Waals surface area (Å²) in [4.78, 5) is 34.5. The van der Waals surface area contributed by atoms with Crippen LogP contribution in [0.3, 0.4) is 0 Å². The molecule has 1 aromatic carbocycles. The van der Waals surface area contributed by atoms with Crippen molar-refractivity contribution in [3.63, 3.8) is 0 Å². The van der Waals surface area contributed by atoms with Crippen molar-refractivity contribution in [3.05, 3.63) is 29.3 Å². The molecule has 1 amide bonds. The van der Waals surface area contributed by atoms with Gasteiger partial charge in [0.15, 0.2) is 0 Å². The van der Waals surface area contributed by atoms with Gasteiger partial charge < -0.3 is 14.6 Å². The number of ether oxygens (including phenoxy) is 2. The molecule has 7 nitrogen and oxygen atoms in total. The number of carbonyl (C=O) groups excluding carboxylic acids is 2. The van der Waals surface area contributed by atoms with Gasteiger partial charge in [-0.15, -0.1) is 0 Å². The van der Waals surface area contributed by atoms with Crippen molar-refractivity contribution in [1.82, 2.24) is 0 Å². The van der Waals surface area contributed by atoms with Crippen LogP contribution in [0.1, 0.15) is 50.0 Å². The van der Waals surface area contributed by atoms with E-state index in [-0.39, 0.29) is 31.0 Å².